The van der Waals surface area contributed by atoms with Crippen LogP contribution in [-0.4, -0.2) is 39.6 Å². The molecule has 1 aliphatic heterocycles. The van der Waals surface area contributed by atoms with Crippen molar-refractivity contribution in [3.63, 3.8) is 0 Å². The van der Waals surface area contributed by atoms with Gasteiger partial charge in [-0.2, -0.15) is 13.2 Å². The van der Waals surface area contributed by atoms with Crippen molar-refractivity contribution in [3.05, 3.63) is 36.7 Å². The fourth-order valence-corrected chi connectivity index (χ4v) is 2.57. The van der Waals surface area contributed by atoms with Gasteiger partial charge in [-0.25, -0.2) is 15.0 Å². The van der Waals surface area contributed by atoms with Crippen LogP contribution in [0.2, 0.25) is 0 Å². The molecule has 0 radical (unpaired) electrons. The van der Waals surface area contributed by atoms with Gasteiger partial charge >= 0.3 is 6.18 Å². The number of alkyl halides is 3. The second-order valence-corrected chi connectivity index (χ2v) is 5.54. The summed E-state index contributed by atoms with van der Waals surface area (Å²) in [5, 5.41) is 0. The number of piperidine rings is 1. The number of rotatable bonds is 4. The molecule has 0 amide bonds. The Balaban J connectivity index is 1.53. The Morgan fingerprint density at radius 1 is 1.12 bits per heavy atom. The van der Waals surface area contributed by atoms with Crippen molar-refractivity contribution >= 4 is 5.82 Å². The Kier molecular flexibility index (Phi) is 4.77. The van der Waals surface area contributed by atoms with Gasteiger partial charge < -0.3 is 9.64 Å². The maximum Gasteiger partial charge on any atom is 0.433 e. The molecule has 0 aromatic carbocycles. The molecule has 0 unspecified atom stereocenters. The van der Waals surface area contributed by atoms with Gasteiger partial charge in [0, 0.05) is 31.5 Å². The first kappa shape index (κ1) is 16.4. The van der Waals surface area contributed by atoms with E-state index in [4.69, 9.17) is 4.74 Å². The number of aromatic nitrogens is 4. The Morgan fingerprint density at radius 3 is 2.58 bits per heavy atom. The first-order chi connectivity index (χ1) is 11.5. The predicted molar refractivity (Wildman–Crippen MR) is 79.5 cm³/mol. The second-order valence-electron chi connectivity index (χ2n) is 5.54. The maximum absolute atomic E-state index is 12.7. The molecule has 0 N–H and O–H groups in total. The van der Waals surface area contributed by atoms with Crippen molar-refractivity contribution in [1.29, 1.82) is 0 Å². The molecule has 1 fully saturated rings. The summed E-state index contributed by atoms with van der Waals surface area (Å²) < 4.78 is 43.8. The third-order valence-corrected chi connectivity index (χ3v) is 3.89. The van der Waals surface area contributed by atoms with Crippen LogP contribution in [0.4, 0.5) is 19.0 Å². The number of nitrogens with zero attached hydrogens (tertiary/aromatic N) is 5. The summed E-state index contributed by atoms with van der Waals surface area (Å²) in [6.45, 7) is 1.77. The molecule has 128 valence electrons. The van der Waals surface area contributed by atoms with E-state index >= 15 is 0 Å². The van der Waals surface area contributed by atoms with E-state index in [-0.39, 0.29) is 0 Å². The van der Waals surface area contributed by atoms with E-state index in [9.17, 15) is 13.2 Å². The summed E-state index contributed by atoms with van der Waals surface area (Å²) in [4.78, 5) is 17.1. The van der Waals surface area contributed by atoms with Gasteiger partial charge in [0.15, 0.2) is 0 Å². The van der Waals surface area contributed by atoms with Crippen molar-refractivity contribution in [2.24, 2.45) is 5.92 Å². The molecule has 6 nitrogen and oxygen atoms in total. The van der Waals surface area contributed by atoms with E-state index in [2.05, 4.69) is 19.9 Å². The molecule has 0 aliphatic carbocycles. The molecule has 9 heteroatoms. The Bertz CT molecular complexity index is 660. The van der Waals surface area contributed by atoms with Crippen LogP contribution in [0.5, 0.6) is 5.88 Å². The second kappa shape index (κ2) is 6.98. The number of hydrogen-bond donors (Lipinski definition) is 0. The first-order valence-electron chi connectivity index (χ1n) is 7.55. The summed E-state index contributed by atoms with van der Waals surface area (Å²) in [7, 11) is 0. The third-order valence-electron chi connectivity index (χ3n) is 3.89. The van der Waals surface area contributed by atoms with Gasteiger partial charge in [0.1, 0.15) is 17.8 Å². The van der Waals surface area contributed by atoms with E-state index in [1.807, 2.05) is 4.90 Å². The summed E-state index contributed by atoms with van der Waals surface area (Å²) in [6.07, 6.45) is 2.81. The van der Waals surface area contributed by atoms with Crippen LogP contribution in [-0.2, 0) is 6.18 Å². The topological polar surface area (TPSA) is 64.0 Å². The molecule has 1 aliphatic rings. The zero-order valence-electron chi connectivity index (χ0n) is 12.8. The van der Waals surface area contributed by atoms with Crippen molar-refractivity contribution in [2.45, 2.75) is 19.0 Å². The third kappa shape index (κ3) is 4.09. The minimum absolute atomic E-state index is 0.311. The lowest BCUT2D eigenvalue weighted by Gasteiger charge is -2.32. The van der Waals surface area contributed by atoms with Gasteiger partial charge in [-0.3, -0.25) is 4.98 Å². The van der Waals surface area contributed by atoms with Crippen molar-refractivity contribution in [3.8, 4) is 5.88 Å². The van der Waals surface area contributed by atoms with Crippen LogP contribution in [0, 0.1) is 5.92 Å². The molecule has 3 rings (SSSR count). The molecule has 0 atom stereocenters. The predicted octanol–water partition coefficient (Wildman–Crippen LogP) is 2.58. The van der Waals surface area contributed by atoms with Gasteiger partial charge in [-0.15, -0.1) is 0 Å². The minimum atomic E-state index is -4.46. The lowest BCUT2D eigenvalue weighted by atomic mass is 9.98. The quantitative estimate of drug-likeness (QED) is 0.853. The molecule has 2 aromatic rings. The summed E-state index contributed by atoms with van der Waals surface area (Å²) >= 11 is 0. The average Bonchev–Trinajstić information content (AvgIpc) is 2.61. The Hall–Kier alpha value is -2.45. The van der Waals surface area contributed by atoms with Crippen molar-refractivity contribution in [1.82, 2.24) is 19.9 Å². The SMILES string of the molecule is FC(F)(F)c1cc(N2CCC(COc3cnccn3)CC2)ncn1. The number of anilines is 1. The van der Waals surface area contributed by atoms with E-state index in [1.165, 1.54) is 0 Å². The van der Waals surface area contributed by atoms with Crippen LogP contribution >= 0.6 is 0 Å². The Morgan fingerprint density at radius 2 is 1.92 bits per heavy atom. The number of hydrogen-bond acceptors (Lipinski definition) is 6. The molecule has 2 aromatic heterocycles. The van der Waals surface area contributed by atoms with E-state index in [1.54, 1.807) is 18.6 Å². The molecule has 0 saturated carbocycles. The fraction of sp³-hybridized carbons (Fsp3) is 0.467. The van der Waals surface area contributed by atoms with Gasteiger partial charge in [0.25, 0.3) is 0 Å². The van der Waals surface area contributed by atoms with Crippen LogP contribution in [0.1, 0.15) is 18.5 Å². The van der Waals surface area contributed by atoms with E-state index < -0.39 is 11.9 Å². The fourth-order valence-electron chi connectivity index (χ4n) is 2.57. The monoisotopic (exact) mass is 339 g/mol. The highest BCUT2D eigenvalue weighted by atomic mass is 19.4. The zero-order chi connectivity index (χ0) is 17.0. The summed E-state index contributed by atoms with van der Waals surface area (Å²) in [5.74, 6) is 1.11. The van der Waals surface area contributed by atoms with Crippen LogP contribution in [0.15, 0.2) is 31.0 Å². The van der Waals surface area contributed by atoms with Gasteiger partial charge in [0.05, 0.1) is 12.8 Å². The Labute approximate surface area is 136 Å². The standard InChI is InChI=1S/C15H16F3N5O/c16-15(17,18)12-7-13(22-10-21-12)23-5-1-11(2-6-23)9-24-14-8-19-3-4-20-14/h3-4,7-8,10-11H,1-2,5-6,9H2. The molecule has 0 bridgehead atoms. The molecule has 3 heterocycles. The van der Waals surface area contributed by atoms with Crippen LogP contribution < -0.4 is 9.64 Å². The average molecular weight is 339 g/mol. The number of halogens is 3. The zero-order valence-corrected chi connectivity index (χ0v) is 12.8. The van der Waals surface area contributed by atoms with E-state index in [0.717, 1.165) is 25.2 Å². The molecule has 24 heavy (non-hydrogen) atoms. The minimum Gasteiger partial charge on any atom is -0.476 e. The van der Waals surface area contributed by atoms with Crippen molar-refractivity contribution < 1.29 is 17.9 Å². The van der Waals surface area contributed by atoms with Crippen LogP contribution in [0.3, 0.4) is 0 Å². The van der Waals surface area contributed by atoms with Crippen LogP contribution in [0.25, 0.3) is 0 Å². The molecule has 1 saturated heterocycles. The lowest BCUT2D eigenvalue weighted by molar-refractivity contribution is -0.141. The highest BCUT2D eigenvalue weighted by Gasteiger charge is 2.33. The van der Waals surface area contributed by atoms with Gasteiger partial charge in [0.2, 0.25) is 5.88 Å². The molecule has 0 spiro atoms. The van der Waals surface area contributed by atoms with Gasteiger partial charge in [-0.05, 0) is 18.8 Å². The van der Waals surface area contributed by atoms with E-state index in [0.29, 0.717) is 37.3 Å². The molecular weight excluding hydrogens is 323 g/mol. The van der Waals surface area contributed by atoms with Crippen molar-refractivity contribution in [2.75, 3.05) is 24.6 Å². The first-order valence-corrected chi connectivity index (χ1v) is 7.55. The van der Waals surface area contributed by atoms with Gasteiger partial charge in [-0.1, -0.05) is 0 Å². The highest BCUT2D eigenvalue weighted by Crippen LogP contribution is 2.30. The largest absolute Gasteiger partial charge is 0.476 e. The highest BCUT2D eigenvalue weighted by molar-refractivity contribution is 5.39. The molecular formula is C15H16F3N5O. The normalized spacial score (nSPS) is 16.2. The lowest BCUT2D eigenvalue weighted by Crippen LogP contribution is -2.36. The summed E-state index contributed by atoms with van der Waals surface area (Å²) in [6, 6.07) is 0.996. The summed E-state index contributed by atoms with van der Waals surface area (Å²) in [5.41, 5.74) is -0.916. The maximum atomic E-state index is 12.7. The smallest absolute Gasteiger partial charge is 0.433 e. The number of ether oxygens (including phenoxy) is 1.